The van der Waals surface area contributed by atoms with Gasteiger partial charge in [-0.05, 0) is 83.2 Å². The Morgan fingerprint density at radius 1 is 0.633 bits per heavy atom. The molecule has 4 aromatic rings. The van der Waals surface area contributed by atoms with Crippen LogP contribution in [0.15, 0.2) is 62.3 Å². The van der Waals surface area contributed by atoms with Gasteiger partial charge in [0.1, 0.15) is 11.6 Å². The van der Waals surface area contributed by atoms with Crippen molar-refractivity contribution >= 4 is 59.4 Å². The van der Waals surface area contributed by atoms with E-state index in [1.54, 1.807) is 24.3 Å². The van der Waals surface area contributed by atoms with E-state index < -0.39 is 0 Å². The lowest BCUT2D eigenvalue weighted by atomic mass is 10.2. The first kappa shape index (κ1) is 23.0. The lowest BCUT2D eigenvalue weighted by Gasteiger charge is -1.99. The summed E-state index contributed by atoms with van der Waals surface area (Å²) in [6.07, 6.45) is 0. The zero-order chi connectivity index (χ0) is 21.7. The molecule has 0 bridgehead atoms. The third kappa shape index (κ3) is 6.66. The summed E-state index contributed by atoms with van der Waals surface area (Å²) in [7, 11) is 0. The van der Waals surface area contributed by atoms with Gasteiger partial charge in [0.2, 0.25) is 0 Å². The molecular weight excluding hydrogens is 613 g/mol. The second-order valence-electron chi connectivity index (χ2n) is 5.88. The number of benzene rings is 2. The Labute approximate surface area is 200 Å². The van der Waals surface area contributed by atoms with Gasteiger partial charge in [-0.15, -0.1) is 20.4 Å². The molecule has 156 valence electrons. The minimum atomic E-state index is -0.258. The fourth-order valence-corrected chi connectivity index (χ4v) is 3.17. The first-order valence-corrected chi connectivity index (χ1v) is 11.1. The van der Waals surface area contributed by atoms with E-state index in [4.69, 9.17) is 11.6 Å². The molecule has 2 aromatic heterocycles. The Balaban J connectivity index is 0.000000171. The third-order valence-electron chi connectivity index (χ3n) is 3.63. The maximum atomic E-state index is 12.6. The molecule has 0 N–H and O–H groups in total. The highest BCUT2D eigenvalue weighted by atomic mass is 79.9. The van der Waals surface area contributed by atoms with Crippen LogP contribution in [0.5, 0.6) is 0 Å². The average molecular weight is 625 g/mol. The molecule has 2 heterocycles. The van der Waals surface area contributed by atoms with E-state index in [1.807, 2.05) is 0 Å². The molecule has 0 aliphatic rings. The van der Waals surface area contributed by atoms with Crippen LogP contribution in [0.3, 0.4) is 0 Å². The van der Waals surface area contributed by atoms with Crippen molar-refractivity contribution in [3.8, 4) is 0 Å². The number of hydrogen-bond acceptors (Lipinski definition) is 4. The van der Waals surface area contributed by atoms with Crippen molar-refractivity contribution in [2.24, 2.45) is 0 Å². The molecule has 0 amide bonds. The summed E-state index contributed by atoms with van der Waals surface area (Å²) in [5.41, 5.74) is 1.86. The van der Waals surface area contributed by atoms with Crippen LogP contribution in [-0.2, 0) is 13.1 Å². The average Bonchev–Trinajstić information content (AvgIpc) is 3.19. The summed E-state index contributed by atoms with van der Waals surface area (Å²) < 4.78 is 27.1. The maximum Gasteiger partial charge on any atom is 0.185 e. The minimum Gasteiger partial charge on any atom is -0.207 e. The quantitative estimate of drug-likeness (QED) is 0.285. The van der Waals surface area contributed by atoms with E-state index in [0.717, 1.165) is 11.1 Å². The van der Waals surface area contributed by atoms with Gasteiger partial charge in [-0.2, -0.15) is 9.59 Å². The summed E-state index contributed by atoms with van der Waals surface area (Å²) in [6, 6.07) is 12.4. The summed E-state index contributed by atoms with van der Waals surface area (Å²) >= 11 is 15.4. The van der Waals surface area contributed by atoms with Gasteiger partial charge in [0, 0.05) is 0 Å². The predicted octanol–water partition coefficient (Wildman–Crippen LogP) is 5.87. The first-order valence-electron chi connectivity index (χ1n) is 8.31. The lowest BCUT2D eigenvalue weighted by molar-refractivity contribution is 0.583. The molecule has 0 saturated carbocycles. The molecule has 2 aromatic carbocycles. The van der Waals surface area contributed by atoms with Gasteiger partial charge >= 0.3 is 0 Å². The van der Waals surface area contributed by atoms with E-state index in [9.17, 15) is 8.78 Å². The van der Waals surface area contributed by atoms with Crippen molar-refractivity contribution in [3.05, 3.63) is 90.3 Å². The zero-order valence-corrected chi connectivity index (χ0v) is 20.5. The van der Waals surface area contributed by atoms with Gasteiger partial charge in [0.15, 0.2) is 19.0 Å². The van der Waals surface area contributed by atoms with Gasteiger partial charge < -0.3 is 0 Å². The van der Waals surface area contributed by atoms with Crippen LogP contribution in [0.2, 0.25) is 5.15 Å². The Bertz CT molecular complexity index is 987. The van der Waals surface area contributed by atoms with Crippen LogP contribution < -0.4 is 0 Å². The van der Waals surface area contributed by atoms with Crippen molar-refractivity contribution in [1.29, 1.82) is 0 Å². The first-order chi connectivity index (χ1) is 14.3. The predicted molar refractivity (Wildman–Crippen MR) is 119 cm³/mol. The molecule has 30 heavy (non-hydrogen) atoms. The maximum absolute atomic E-state index is 12.6. The highest BCUT2D eigenvalue weighted by Crippen LogP contribution is 2.18. The van der Waals surface area contributed by atoms with Crippen molar-refractivity contribution in [1.82, 2.24) is 30.0 Å². The number of aromatic nitrogens is 6. The van der Waals surface area contributed by atoms with Crippen LogP contribution in [0, 0.1) is 11.6 Å². The normalized spacial score (nSPS) is 10.6. The molecule has 0 unspecified atom stereocenters. The number of halogens is 6. The Morgan fingerprint density at radius 3 is 1.37 bits per heavy atom. The molecule has 0 fully saturated rings. The van der Waals surface area contributed by atoms with E-state index in [2.05, 4.69) is 68.2 Å². The van der Waals surface area contributed by atoms with E-state index >= 15 is 0 Å². The van der Waals surface area contributed by atoms with Gasteiger partial charge in [-0.25, -0.2) is 8.78 Å². The van der Waals surface area contributed by atoms with Crippen molar-refractivity contribution < 1.29 is 8.78 Å². The van der Waals surface area contributed by atoms with E-state index in [-0.39, 0.29) is 11.6 Å². The summed E-state index contributed by atoms with van der Waals surface area (Å²) in [6.45, 7) is 0.982. The van der Waals surface area contributed by atoms with Crippen molar-refractivity contribution in [3.63, 3.8) is 0 Å². The summed E-state index contributed by atoms with van der Waals surface area (Å²) in [4.78, 5) is 2.97. The smallest absolute Gasteiger partial charge is 0.185 e. The Morgan fingerprint density at radius 2 is 1.00 bits per heavy atom. The molecule has 0 aliphatic heterocycles. The van der Waals surface area contributed by atoms with Crippen molar-refractivity contribution in [2.45, 2.75) is 13.1 Å². The van der Waals surface area contributed by atoms with E-state index in [0.29, 0.717) is 32.1 Å². The molecule has 0 radical (unpaired) electrons. The van der Waals surface area contributed by atoms with Crippen LogP contribution in [0.4, 0.5) is 8.78 Å². The van der Waals surface area contributed by atoms with Gasteiger partial charge in [-0.1, -0.05) is 35.9 Å². The summed E-state index contributed by atoms with van der Waals surface area (Å²) in [5, 5.41) is 16.5. The second-order valence-corrected chi connectivity index (χ2v) is 8.49. The van der Waals surface area contributed by atoms with Crippen LogP contribution in [-0.4, -0.2) is 30.0 Å². The topological polar surface area (TPSA) is 61.4 Å². The SMILES string of the molecule is Fc1ccc(Cn2nc(Br)c(Br)n2)cc1.Fc1ccc(Cn2nc(Cl)c(Br)n2)cc1. The highest BCUT2D eigenvalue weighted by molar-refractivity contribution is 9.13. The number of rotatable bonds is 4. The standard InChI is InChI=1S/C9H6Br2FN3.C9H6BrClFN3/c2*10-8-9(11)14-15(13-8)5-6-1-3-7(12)4-2-6/h2*1-4H,5H2. The lowest BCUT2D eigenvalue weighted by Crippen LogP contribution is -2.03. The van der Waals surface area contributed by atoms with Crippen LogP contribution in [0.25, 0.3) is 0 Å². The molecule has 0 spiro atoms. The Kier molecular flexibility index (Phi) is 8.09. The summed E-state index contributed by atoms with van der Waals surface area (Å²) in [5.74, 6) is -0.499. The van der Waals surface area contributed by atoms with E-state index in [1.165, 1.54) is 33.9 Å². The molecular formula is C18H12Br3ClF2N6. The third-order valence-corrected chi connectivity index (χ3v) is 6.25. The highest BCUT2D eigenvalue weighted by Gasteiger charge is 2.06. The van der Waals surface area contributed by atoms with Gasteiger partial charge in [-0.3, -0.25) is 0 Å². The number of hydrogen-bond donors (Lipinski definition) is 0. The minimum absolute atomic E-state index is 0.241. The molecule has 0 saturated heterocycles. The molecule has 12 heteroatoms. The fraction of sp³-hybridized carbons (Fsp3) is 0.111. The zero-order valence-electron chi connectivity index (χ0n) is 15.0. The number of nitrogens with zero attached hydrogens (tertiary/aromatic N) is 6. The fourth-order valence-electron chi connectivity index (χ4n) is 2.26. The Hall–Kier alpha value is -1.69. The van der Waals surface area contributed by atoms with Gasteiger partial charge in [0.05, 0.1) is 13.1 Å². The molecule has 0 aliphatic carbocycles. The van der Waals surface area contributed by atoms with Crippen LogP contribution >= 0.6 is 59.4 Å². The monoisotopic (exact) mass is 622 g/mol. The van der Waals surface area contributed by atoms with Crippen molar-refractivity contribution in [2.75, 3.05) is 0 Å². The van der Waals surface area contributed by atoms with Gasteiger partial charge in [0.25, 0.3) is 0 Å². The largest absolute Gasteiger partial charge is 0.207 e. The molecule has 6 nitrogen and oxygen atoms in total. The second kappa shape index (κ2) is 10.6. The molecule has 4 rings (SSSR count). The molecule has 0 atom stereocenters. The van der Waals surface area contributed by atoms with Crippen LogP contribution in [0.1, 0.15) is 11.1 Å².